The van der Waals surface area contributed by atoms with E-state index < -0.39 is 23.3 Å². The fourth-order valence-electron chi connectivity index (χ4n) is 1.30. The molecule has 0 aromatic heterocycles. The lowest BCUT2D eigenvalue weighted by atomic mass is 10.0. The Kier molecular flexibility index (Phi) is 4.47. The van der Waals surface area contributed by atoms with Crippen LogP contribution in [0.15, 0.2) is 35.0 Å². The highest BCUT2D eigenvalue weighted by Gasteiger charge is 2.34. The first-order valence-corrected chi connectivity index (χ1v) is 5.19. The second-order valence-corrected chi connectivity index (χ2v) is 3.43. The van der Waals surface area contributed by atoms with Crippen molar-refractivity contribution in [3.8, 4) is 0 Å². The summed E-state index contributed by atoms with van der Waals surface area (Å²) in [5, 5.41) is 0. The minimum Gasteiger partial charge on any atom is -0.394 e. The maximum atomic E-state index is 13.5. The van der Waals surface area contributed by atoms with Crippen molar-refractivity contribution in [3.63, 3.8) is 0 Å². The van der Waals surface area contributed by atoms with Gasteiger partial charge in [-0.05, 0) is 13.0 Å². The van der Waals surface area contributed by atoms with Gasteiger partial charge in [0.2, 0.25) is 0 Å². The molecule has 0 unspecified atom stereocenters. The van der Waals surface area contributed by atoms with Gasteiger partial charge in [-0.15, -0.1) is 0 Å². The first-order chi connectivity index (χ1) is 8.38. The Balaban J connectivity index is 3.41. The monoisotopic (exact) mass is 260 g/mol. The Hall–Kier alpha value is -1.85. The van der Waals surface area contributed by atoms with Crippen molar-refractivity contribution >= 4 is 11.8 Å². The van der Waals surface area contributed by atoms with Gasteiger partial charge in [0.15, 0.2) is 0 Å². The number of nitrogens with two attached hydrogens (primary N) is 1. The van der Waals surface area contributed by atoms with Crippen LogP contribution in [0, 0.1) is 5.82 Å². The highest BCUT2D eigenvalue weighted by Crippen LogP contribution is 2.29. The molecular formula is C12H12F4N2. The van der Waals surface area contributed by atoms with E-state index in [1.165, 1.54) is 18.2 Å². The Morgan fingerprint density at radius 3 is 2.44 bits per heavy atom. The number of allylic oxidation sites excluding steroid dienone is 2. The van der Waals surface area contributed by atoms with Gasteiger partial charge in [0, 0.05) is 23.9 Å². The molecule has 18 heavy (non-hydrogen) atoms. The fourth-order valence-corrected chi connectivity index (χ4v) is 1.30. The van der Waals surface area contributed by atoms with E-state index in [1.54, 1.807) is 6.92 Å². The van der Waals surface area contributed by atoms with Crippen LogP contribution >= 0.6 is 0 Å². The van der Waals surface area contributed by atoms with Gasteiger partial charge in [0.25, 0.3) is 0 Å². The summed E-state index contributed by atoms with van der Waals surface area (Å²) >= 11 is 0. The Bertz CT molecular complexity index is 475. The van der Waals surface area contributed by atoms with Gasteiger partial charge in [-0.3, -0.25) is 4.99 Å². The number of alkyl halides is 3. The number of halogens is 4. The molecule has 0 heterocycles. The van der Waals surface area contributed by atoms with Crippen LogP contribution in [0.1, 0.15) is 12.5 Å². The van der Waals surface area contributed by atoms with Crippen LogP contribution in [0.3, 0.4) is 0 Å². The van der Waals surface area contributed by atoms with E-state index in [0.29, 0.717) is 0 Å². The third-order valence-electron chi connectivity index (χ3n) is 2.16. The predicted octanol–water partition coefficient (Wildman–Crippen LogP) is 3.15. The van der Waals surface area contributed by atoms with Gasteiger partial charge >= 0.3 is 6.18 Å². The first kappa shape index (κ1) is 14.2. The summed E-state index contributed by atoms with van der Waals surface area (Å²) in [6.45, 7) is 1.93. The molecule has 0 radical (unpaired) electrons. The number of rotatable bonds is 3. The maximum Gasteiger partial charge on any atom is 0.431 e. The number of aliphatic imine (C=N–C) groups is 1. The third-order valence-corrected chi connectivity index (χ3v) is 2.16. The SMILES string of the molecule is CCN=CC(=C(N)C(F)(F)F)c1ccccc1F. The molecule has 1 aromatic rings. The zero-order chi connectivity index (χ0) is 13.8. The summed E-state index contributed by atoms with van der Waals surface area (Å²) in [5.41, 5.74) is 3.00. The highest BCUT2D eigenvalue weighted by molar-refractivity contribution is 6.11. The smallest absolute Gasteiger partial charge is 0.394 e. The van der Waals surface area contributed by atoms with Crippen molar-refractivity contribution in [1.82, 2.24) is 0 Å². The standard InChI is InChI=1S/C12H12F4N2/c1-2-18-7-9(11(17)12(14,15)16)8-5-3-4-6-10(8)13/h3-7H,2,17H2,1H3. The van der Waals surface area contributed by atoms with E-state index >= 15 is 0 Å². The van der Waals surface area contributed by atoms with Crippen LogP contribution in [0.2, 0.25) is 0 Å². The van der Waals surface area contributed by atoms with Crippen LogP contribution in [0.25, 0.3) is 5.57 Å². The van der Waals surface area contributed by atoms with Crippen LogP contribution in [0.4, 0.5) is 17.6 Å². The number of hydrogen-bond acceptors (Lipinski definition) is 2. The van der Waals surface area contributed by atoms with Gasteiger partial charge in [0.05, 0.1) is 0 Å². The lowest BCUT2D eigenvalue weighted by Gasteiger charge is -2.12. The molecule has 0 bridgehead atoms. The number of hydrogen-bond donors (Lipinski definition) is 1. The lowest BCUT2D eigenvalue weighted by Crippen LogP contribution is -2.22. The van der Waals surface area contributed by atoms with Crippen LogP contribution < -0.4 is 5.73 Å². The first-order valence-electron chi connectivity index (χ1n) is 5.19. The quantitative estimate of drug-likeness (QED) is 0.658. The van der Waals surface area contributed by atoms with Crippen LogP contribution in [-0.4, -0.2) is 18.9 Å². The number of nitrogens with zero attached hydrogens (tertiary/aromatic N) is 1. The average molecular weight is 260 g/mol. The zero-order valence-electron chi connectivity index (χ0n) is 9.63. The van der Waals surface area contributed by atoms with Crippen molar-refractivity contribution < 1.29 is 17.6 Å². The Morgan fingerprint density at radius 1 is 1.33 bits per heavy atom. The van der Waals surface area contributed by atoms with E-state index in [-0.39, 0.29) is 12.1 Å². The van der Waals surface area contributed by atoms with Crippen molar-refractivity contribution in [2.45, 2.75) is 13.1 Å². The van der Waals surface area contributed by atoms with E-state index in [0.717, 1.165) is 12.3 Å². The predicted molar refractivity (Wildman–Crippen MR) is 62.6 cm³/mol. The third kappa shape index (κ3) is 3.32. The Morgan fingerprint density at radius 2 is 1.94 bits per heavy atom. The van der Waals surface area contributed by atoms with Gasteiger partial charge < -0.3 is 5.73 Å². The highest BCUT2D eigenvalue weighted by atomic mass is 19.4. The lowest BCUT2D eigenvalue weighted by molar-refractivity contribution is -0.0918. The van der Waals surface area contributed by atoms with Crippen molar-refractivity contribution in [2.24, 2.45) is 10.7 Å². The molecule has 2 nitrogen and oxygen atoms in total. The van der Waals surface area contributed by atoms with E-state index in [4.69, 9.17) is 5.73 Å². The zero-order valence-corrected chi connectivity index (χ0v) is 9.63. The molecule has 0 spiro atoms. The summed E-state index contributed by atoms with van der Waals surface area (Å²) in [6.07, 6.45) is -3.78. The summed E-state index contributed by atoms with van der Waals surface area (Å²) in [6, 6.07) is 5.11. The minimum atomic E-state index is -4.72. The summed E-state index contributed by atoms with van der Waals surface area (Å²) in [5.74, 6) is -0.776. The molecule has 1 aromatic carbocycles. The average Bonchev–Trinajstić information content (AvgIpc) is 2.30. The molecule has 6 heteroatoms. The molecule has 0 aliphatic heterocycles. The minimum absolute atomic E-state index is 0.218. The molecule has 0 aliphatic carbocycles. The molecule has 2 N–H and O–H groups in total. The molecular weight excluding hydrogens is 248 g/mol. The number of benzene rings is 1. The summed E-state index contributed by atoms with van der Waals surface area (Å²) < 4.78 is 51.2. The molecule has 0 atom stereocenters. The van der Waals surface area contributed by atoms with Crippen molar-refractivity contribution in [3.05, 3.63) is 41.3 Å². The van der Waals surface area contributed by atoms with Gasteiger partial charge in [0.1, 0.15) is 11.5 Å². The van der Waals surface area contributed by atoms with Gasteiger partial charge in [-0.2, -0.15) is 13.2 Å². The molecule has 0 aliphatic rings. The van der Waals surface area contributed by atoms with E-state index in [1.807, 2.05) is 0 Å². The second kappa shape index (κ2) is 5.66. The van der Waals surface area contributed by atoms with Crippen molar-refractivity contribution in [2.75, 3.05) is 6.54 Å². The summed E-state index contributed by atoms with van der Waals surface area (Å²) in [7, 11) is 0. The van der Waals surface area contributed by atoms with Gasteiger partial charge in [-0.25, -0.2) is 4.39 Å². The van der Waals surface area contributed by atoms with Crippen LogP contribution in [0.5, 0.6) is 0 Å². The fraction of sp³-hybridized carbons (Fsp3) is 0.250. The summed E-state index contributed by atoms with van der Waals surface area (Å²) in [4.78, 5) is 3.69. The van der Waals surface area contributed by atoms with E-state index in [9.17, 15) is 17.6 Å². The van der Waals surface area contributed by atoms with Crippen LogP contribution in [-0.2, 0) is 0 Å². The molecule has 98 valence electrons. The van der Waals surface area contributed by atoms with E-state index in [2.05, 4.69) is 4.99 Å². The molecule has 0 saturated carbocycles. The van der Waals surface area contributed by atoms with Gasteiger partial charge in [-0.1, -0.05) is 18.2 Å². The second-order valence-electron chi connectivity index (χ2n) is 3.43. The molecule has 0 saturated heterocycles. The largest absolute Gasteiger partial charge is 0.431 e. The maximum absolute atomic E-state index is 13.5. The topological polar surface area (TPSA) is 38.4 Å². The molecule has 1 rings (SSSR count). The Labute approximate surface area is 102 Å². The normalized spacial score (nSPS) is 13.8. The molecule has 0 fully saturated rings. The van der Waals surface area contributed by atoms with Crippen molar-refractivity contribution in [1.29, 1.82) is 0 Å². The molecule has 0 amide bonds.